The molecule has 11 heteroatoms. The van der Waals surface area contributed by atoms with Crippen molar-refractivity contribution in [3.63, 3.8) is 0 Å². The monoisotopic (exact) mass is 483 g/mol. The molecule has 1 aliphatic heterocycles. The first-order valence-corrected chi connectivity index (χ1v) is 12.3. The Morgan fingerprint density at radius 1 is 1.09 bits per heavy atom. The molecule has 0 fully saturated rings. The highest BCUT2D eigenvalue weighted by molar-refractivity contribution is 7.99. The molecule has 3 heterocycles. The van der Waals surface area contributed by atoms with Crippen molar-refractivity contribution < 1.29 is 9.59 Å². The molecule has 9 nitrogen and oxygen atoms in total. The predicted molar refractivity (Wildman–Crippen MR) is 132 cm³/mol. The summed E-state index contributed by atoms with van der Waals surface area (Å²) >= 11 is 3.23. The minimum atomic E-state index is -0.361. The molecule has 172 valence electrons. The topological polar surface area (TPSA) is 112 Å². The summed E-state index contributed by atoms with van der Waals surface area (Å²) in [6, 6.07) is 6.85. The summed E-state index contributed by atoms with van der Waals surface area (Å²) in [7, 11) is 3.46. The zero-order valence-electron chi connectivity index (χ0n) is 18.4. The van der Waals surface area contributed by atoms with Crippen LogP contribution in [0.15, 0.2) is 41.7 Å². The van der Waals surface area contributed by atoms with E-state index in [4.69, 9.17) is 0 Å². The Hall–Kier alpha value is -3.18. The number of benzene rings is 1. The third-order valence-corrected chi connectivity index (χ3v) is 7.07. The number of carbonyl (C=O) groups excluding carboxylic acids is 2. The molecule has 0 radical (unpaired) electrons. The van der Waals surface area contributed by atoms with Gasteiger partial charge in [0.05, 0.1) is 17.0 Å². The molecule has 0 bridgehead atoms. The van der Waals surface area contributed by atoms with Crippen LogP contribution in [0.5, 0.6) is 0 Å². The van der Waals surface area contributed by atoms with Crippen LogP contribution in [0.1, 0.15) is 16.1 Å². The number of urea groups is 1. The molecule has 2 aromatic heterocycles. The SMILES string of the molecule is CN(C)C(=O)Cc1ccc(NC(=O)Nc2ncc(CCNc3ncnc4c3SCC4)s2)cc1. The highest BCUT2D eigenvalue weighted by Crippen LogP contribution is 2.34. The van der Waals surface area contributed by atoms with Gasteiger partial charge in [-0.15, -0.1) is 23.1 Å². The smallest absolute Gasteiger partial charge is 0.325 e. The number of nitrogens with one attached hydrogen (secondary N) is 3. The summed E-state index contributed by atoms with van der Waals surface area (Å²) in [5.74, 6) is 1.97. The highest BCUT2D eigenvalue weighted by Gasteiger charge is 2.17. The largest absolute Gasteiger partial charge is 0.369 e. The molecule has 33 heavy (non-hydrogen) atoms. The zero-order chi connectivity index (χ0) is 23.2. The van der Waals surface area contributed by atoms with Crippen LogP contribution in [0.2, 0.25) is 0 Å². The number of thioether (sulfide) groups is 1. The van der Waals surface area contributed by atoms with Gasteiger partial charge < -0.3 is 15.5 Å². The molecule has 0 unspecified atom stereocenters. The fourth-order valence-electron chi connectivity index (χ4n) is 3.20. The Morgan fingerprint density at radius 2 is 1.91 bits per heavy atom. The van der Waals surface area contributed by atoms with Gasteiger partial charge in [0.1, 0.15) is 12.1 Å². The van der Waals surface area contributed by atoms with E-state index >= 15 is 0 Å². The van der Waals surface area contributed by atoms with E-state index in [2.05, 4.69) is 30.9 Å². The fourth-order valence-corrected chi connectivity index (χ4v) is 5.09. The zero-order valence-corrected chi connectivity index (χ0v) is 20.1. The van der Waals surface area contributed by atoms with E-state index in [9.17, 15) is 9.59 Å². The van der Waals surface area contributed by atoms with Gasteiger partial charge in [-0.2, -0.15) is 0 Å². The van der Waals surface area contributed by atoms with Crippen LogP contribution < -0.4 is 16.0 Å². The number of thiazole rings is 1. The summed E-state index contributed by atoms with van der Waals surface area (Å²) in [5.41, 5.74) is 2.65. The van der Waals surface area contributed by atoms with Gasteiger partial charge in [-0.05, 0) is 17.7 Å². The van der Waals surface area contributed by atoms with Crippen LogP contribution in [0.25, 0.3) is 0 Å². The maximum Gasteiger partial charge on any atom is 0.325 e. The van der Waals surface area contributed by atoms with Crippen LogP contribution in [-0.4, -0.2) is 58.2 Å². The van der Waals surface area contributed by atoms with Crippen LogP contribution in [0.4, 0.5) is 21.4 Å². The number of likely N-dealkylation sites (N-methyl/N-ethyl adjacent to an activating group) is 1. The van der Waals surface area contributed by atoms with Crippen LogP contribution in [0, 0.1) is 0 Å². The van der Waals surface area contributed by atoms with Crippen LogP contribution in [-0.2, 0) is 24.1 Å². The maximum atomic E-state index is 12.3. The summed E-state index contributed by atoms with van der Waals surface area (Å²) in [6.07, 6.45) is 5.48. The van der Waals surface area contributed by atoms with Crippen molar-refractivity contribution in [3.05, 3.63) is 52.9 Å². The Morgan fingerprint density at radius 3 is 2.70 bits per heavy atom. The quantitative estimate of drug-likeness (QED) is 0.449. The second-order valence-corrected chi connectivity index (χ2v) is 9.87. The van der Waals surface area contributed by atoms with Crippen molar-refractivity contribution in [2.24, 2.45) is 0 Å². The lowest BCUT2D eigenvalue weighted by atomic mass is 10.1. The number of hydrogen-bond donors (Lipinski definition) is 3. The van der Waals surface area contributed by atoms with Gasteiger partial charge >= 0.3 is 6.03 Å². The molecular formula is C22H25N7O2S2. The molecule has 1 aromatic carbocycles. The molecule has 3 N–H and O–H groups in total. The molecule has 4 rings (SSSR count). The molecule has 0 spiro atoms. The van der Waals surface area contributed by atoms with E-state index in [-0.39, 0.29) is 11.9 Å². The first-order chi connectivity index (χ1) is 16.0. The third kappa shape index (κ3) is 6.20. The normalized spacial score (nSPS) is 12.2. The van der Waals surface area contributed by atoms with Crippen molar-refractivity contribution >= 4 is 51.7 Å². The number of hydrogen-bond acceptors (Lipinski definition) is 8. The number of aromatic nitrogens is 3. The second-order valence-electron chi connectivity index (χ2n) is 7.65. The van der Waals surface area contributed by atoms with E-state index in [0.717, 1.165) is 52.0 Å². The minimum Gasteiger partial charge on any atom is -0.369 e. The molecule has 3 amide bonds. The number of anilines is 3. The molecule has 3 aromatic rings. The minimum absolute atomic E-state index is 0.0306. The Labute approximate surface area is 200 Å². The highest BCUT2D eigenvalue weighted by atomic mass is 32.2. The van der Waals surface area contributed by atoms with Gasteiger partial charge in [0.25, 0.3) is 0 Å². The first-order valence-electron chi connectivity index (χ1n) is 10.5. The second kappa shape index (κ2) is 10.6. The number of aryl methyl sites for hydroxylation is 1. The third-order valence-electron chi connectivity index (χ3n) is 4.97. The van der Waals surface area contributed by atoms with E-state index < -0.39 is 0 Å². The molecule has 0 saturated heterocycles. The number of carbonyl (C=O) groups is 2. The first kappa shape index (κ1) is 23.0. The average molecular weight is 484 g/mol. The van der Waals surface area contributed by atoms with Crippen molar-refractivity contribution in [1.29, 1.82) is 0 Å². The Kier molecular flexibility index (Phi) is 7.40. The van der Waals surface area contributed by atoms with E-state index in [1.807, 2.05) is 12.1 Å². The van der Waals surface area contributed by atoms with Gasteiger partial charge in [0, 0.05) is 56.0 Å². The van der Waals surface area contributed by atoms with Crippen molar-refractivity contribution in [2.75, 3.05) is 42.3 Å². The molecule has 0 aliphatic carbocycles. The van der Waals surface area contributed by atoms with E-state index in [1.54, 1.807) is 55.4 Å². The molecular weight excluding hydrogens is 458 g/mol. The van der Waals surface area contributed by atoms with E-state index in [1.165, 1.54) is 11.3 Å². The molecule has 0 saturated carbocycles. The van der Waals surface area contributed by atoms with Gasteiger partial charge in [-0.3, -0.25) is 10.1 Å². The standard InChI is InChI=1S/C22H25N7O2S2/c1-29(2)18(30)11-14-3-5-15(6-4-14)27-21(31)28-22-24-12-16(33-22)7-9-23-20-19-17(8-10-32-19)25-13-26-20/h3-6,12-13H,7-11H2,1-2H3,(H,23,25,26)(H2,24,27,28,31). The summed E-state index contributed by atoms with van der Waals surface area (Å²) in [4.78, 5) is 40.8. The van der Waals surface area contributed by atoms with E-state index in [0.29, 0.717) is 17.2 Å². The van der Waals surface area contributed by atoms with Crippen molar-refractivity contribution in [2.45, 2.75) is 24.2 Å². The van der Waals surface area contributed by atoms with Gasteiger partial charge in [0.15, 0.2) is 5.13 Å². The lowest BCUT2D eigenvalue weighted by Crippen LogP contribution is -2.23. The number of rotatable bonds is 8. The van der Waals surface area contributed by atoms with Crippen LogP contribution >= 0.6 is 23.1 Å². The fraction of sp³-hybridized carbons (Fsp3) is 0.318. The number of fused-ring (bicyclic) bond motifs is 1. The van der Waals surface area contributed by atoms with Gasteiger partial charge in [-0.25, -0.2) is 19.7 Å². The van der Waals surface area contributed by atoms with Crippen LogP contribution in [0.3, 0.4) is 0 Å². The molecule has 1 aliphatic rings. The average Bonchev–Trinajstić information content (AvgIpc) is 3.45. The maximum absolute atomic E-state index is 12.3. The van der Waals surface area contributed by atoms with Gasteiger partial charge in [-0.1, -0.05) is 12.1 Å². The summed E-state index contributed by atoms with van der Waals surface area (Å²) < 4.78 is 0. The molecule has 0 atom stereocenters. The van der Waals surface area contributed by atoms with Gasteiger partial charge in [0.2, 0.25) is 5.91 Å². The van der Waals surface area contributed by atoms with Crippen molar-refractivity contribution in [1.82, 2.24) is 19.9 Å². The Balaban J connectivity index is 1.23. The number of amides is 3. The van der Waals surface area contributed by atoms with Crippen molar-refractivity contribution in [3.8, 4) is 0 Å². The summed E-state index contributed by atoms with van der Waals surface area (Å²) in [6.45, 7) is 0.723. The summed E-state index contributed by atoms with van der Waals surface area (Å²) in [5, 5.41) is 9.47. The predicted octanol–water partition coefficient (Wildman–Crippen LogP) is 3.51. The number of nitrogens with zero attached hydrogens (tertiary/aromatic N) is 4. The Bertz CT molecular complexity index is 1130. The lowest BCUT2D eigenvalue weighted by Gasteiger charge is -2.10. The lowest BCUT2D eigenvalue weighted by molar-refractivity contribution is -0.127.